The molecule has 0 saturated carbocycles. The molecule has 0 aliphatic rings. The summed E-state index contributed by atoms with van der Waals surface area (Å²) in [7, 11) is 0. The van der Waals surface area contributed by atoms with E-state index in [1.807, 2.05) is 13.8 Å². The molecule has 27 heavy (non-hydrogen) atoms. The normalized spacial score (nSPS) is 11.9. The quantitative estimate of drug-likeness (QED) is 0.211. The van der Waals surface area contributed by atoms with Crippen molar-refractivity contribution in [3.05, 3.63) is 28.7 Å². The van der Waals surface area contributed by atoms with E-state index in [4.69, 9.17) is 0 Å². The number of hydrazine groups is 1. The van der Waals surface area contributed by atoms with Crippen LogP contribution in [0.3, 0.4) is 0 Å². The fraction of sp³-hybridized carbons (Fsp3) is 0.632. The van der Waals surface area contributed by atoms with Crippen LogP contribution in [-0.4, -0.2) is 33.7 Å². The minimum absolute atomic E-state index is 0.0724. The van der Waals surface area contributed by atoms with Crippen LogP contribution < -0.4 is 16.4 Å². The van der Waals surface area contributed by atoms with Gasteiger partial charge in [0.1, 0.15) is 0 Å². The van der Waals surface area contributed by atoms with Crippen molar-refractivity contribution >= 4 is 18.0 Å². The highest BCUT2D eigenvalue weighted by Crippen LogP contribution is 2.14. The summed E-state index contributed by atoms with van der Waals surface area (Å²) in [6.07, 6.45) is 7.10. The Balaban J connectivity index is 2.72. The summed E-state index contributed by atoms with van der Waals surface area (Å²) in [5.74, 6) is -0.875. The molecule has 0 aliphatic carbocycles. The first kappa shape index (κ1) is 22.7. The minimum atomic E-state index is -0.538. The van der Waals surface area contributed by atoms with Crippen molar-refractivity contribution in [2.75, 3.05) is 12.0 Å². The van der Waals surface area contributed by atoms with Gasteiger partial charge in [-0.05, 0) is 25.3 Å². The molecule has 152 valence electrons. The number of amides is 2. The van der Waals surface area contributed by atoms with Crippen molar-refractivity contribution in [1.29, 1.82) is 0 Å². The first-order valence-electron chi connectivity index (χ1n) is 9.65. The van der Waals surface area contributed by atoms with Crippen molar-refractivity contribution in [2.45, 2.75) is 65.3 Å². The number of anilines is 1. The summed E-state index contributed by atoms with van der Waals surface area (Å²) >= 11 is 0. The third kappa shape index (κ3) is 7.42. The van der Waals surface area contributed by atoms with Gasteiger partial charge in [-0.3, -0.25) is 30.4 Å². The Morgan fingerprint density at radius 3 is 2.56 bits per heavy atom. The van der Waals surface area contributed by atoms with Crippen molar-refractivity contribution in [3.8, 4) is 0 Å². The van der Waals surface area contributed by atoms with Crippen molar-refractivity contribution in [3.63, 3.8) is 0 Å². The van der Waals surface area contributed by atoms with Crippen molar-refractivity contribution < 1.29 is 14.8 Å². The third-order valence-electron chi connectivity index (χ3n) is 4.67. The SMILES string of the molecule is CCCCC[C@@H](CN(O)C=O)C(=O)NNc1ccn(C(CC)CC)c(=O)c1. The highest BCUT2D eigenvalue weighted by molar-refractivity contribution is 5.80. The Hall–Kier alpha value is -2.35. The summed E-state index contributed by atoms with van der Waals surface area (Å²) in [6.45, 7) is 6.06. The smallest absolute Gasteiger partial charge is 0.252 e. The zero-order valence-corrected chi connectivity index (χ0v) is 16.5. The molecule has 0 aromatic carbocycles. The zero-order chi connectivity index (χ0) is 20.2. The number of nitrogens with zero attached hydrogens (tertiary/aromatic N) is 2. The maximum Gasteiger partial charge on any atom is 0.252 e. The molecule has 0 fully saturated rings. The van der Waals surface area contributed by atoms with Crippen LogP contribution in [-0.2, 0) is 9.59 Å². The second-order valence-electron chi connectivity index (χ2n) is 6.67. The molecule has 0 saturated heterocycles. The molecule has 1 aromatic rings. The van der Waals surface area contributed by atoms with E-state index in [9.17, 15) is 19.6 Å². The van der Waals surface area contributed by atoms with Crippen LogP contribution >= 0.6 is 0 Å². The van der Waals surface area contributed by atoms with Crippen LogP contribution in [0.25, 0.3) is 0 Å². The number of hydrogen-bond acceptors (Lipinski definition) is 5. The van der Waals surface area contributed by atoms with Gasteiger partial charge < -0.3 is 4.57 Å². The Morgan fingerprint density at radius 1 is 1.30 bits per heavy atom. The van der Waals surface area contributed by atoms with E-state index in [1.54, 1.807) is 16.8 Å². The largest absolute Gasteiger partial charge is 0.312 e. The average molecular weight is 380 g/mol. The fourth-order valence-electron chi connectivity index (χ4n) is 3.00. The summed E-state index contributed by atoms with van der Waals surface area (Å²) in [5, 5.41) is 9.88. The second kappa shape index (κ2) is 12.1. The van der Waals surface area contributed by atoms with Gasteiger partial charge >= 0.3 is 0 Å². The molecular weight excluding hydrogens is 348 g/mol. The first-order chi connectivity index (χ1) is 13.0. The highest BCUT2D eigenvalue weighted by atomic mass is 16.5. The maximum atomic E-state index is 12.4. The van der Waals surface area contributed by atoms with E-state index in [0.717, 1.165) is 32.1 Å². The lowest BCUT2D eigenvalue weighted by molar-refractivity contribution is -0.154. The lowest BCUT2D eigenvalue weighted by Crippen LogP contribution is -2.40. The van der Waals surface area contributed by atoms with Gasteiger partial charge in [0, 0.05) is 18.3 Å². The number of carbonyl (C=O) groups is 2. The van der Waals surface area contributed by atoms with Crippen LogP contribution in [0.5, 0.6) is 0 Å². The van der Waals surface area contributed by atoms with Crippen molar-refractivity contribution in [2.24, 2.45) is 5.92 Å². The molecule has 3 N–H and O–H groups in total. The van der Waals surface area contributed by atoms with E-state index in [2.05, 4.69) is 17.8 Å². The van der Waals surface area contributed by atoms with Gasteiger partial charge in [-0.2, -0.15) is 0 Å². The monoisotopic (exact) mass is 380 g/mol. The van der Waals surface area contributed by atoms with Gasteiger partial charge in [0.05, 0.1) is 18.2 Å². The number of pyridine rings is 1. The number of hydrogen-bond donors (Lipinski definition) is 3. The molecule has 0 bridgehead atoms. The number of rotatable bonds is 13. The maximum absolute atomic E-state index is 12.4. The Kier molecular flexibility index (Phi) is 10.2. The number of hydroxylamine groups is 2. The van der Waals surface area contributed by atoms with E-state index < -0.39 is 5.92 Å². The van der Waals surface area contributed by atoms with Crippen LogP contribution in [0.4, 0.5) is 5.69 Å². The predicted octanol–water partition coefficient (Wildman–Crippen LogP) is 2.70. The molecular formula is C19H32N4O4. The topological polar surface area (TPSA) is 104 Å². The summed E-state index contributed by atoms with van der Waals surface area (Å²) in [4.78, 5) is 35.3. The molecule has 8 heteroatoms. The molecule has 1 rings (SSSR count). The second-order valence-corrected chi connectivity index (χ2v) is 6.67. The number of carbonyl (C=O) groups excluding carboxylic acids is 2. The van der Waals surface area contributed by atoms with Gasteiger partial charge in [0.15, 0.2) is 0 Å². The standard InChI is InChI=1S/C19H32N4O4/c1-4-7-8-9-15(13-22(27)14-24)19(26)21-20-16-10-11-23(18(25)12-16)17(5-2)6-3/h10-12,14-15,17,20,27H,4-9,13H2,1-3H3,(H,21,26)/t15-/m0/s1. The zero-order valence-electron chi connectivity index (χ0n) is 16.5. The number of nitrogens with one attached hydrogen (secondary N) is 2. The molecule has 0 radical (unpaired) electrons. The number of unbranched alkanes of at least 4 members (excludes halogenated alkanes) is 2. The van der Waals surface area contributed by atoms with E-state index >= 15 is 0 Å². The lowest BCUT2D eigenvalue weighted by atomic mass is 10.0. The Morgan fingerprint density at radius 2 is 2.00 bits per heavy atom. The molecule has 0 spiro atoms. The van der Waals surface area contributed by atoms with Gasteiger partial charge in [-0.1, -0.05) is 40.0 Å². The molecule has 0 unspecified atom stereocenters. The van der Waals surface area contributed by atoms with Crippen LogP contribution in [0, 0.1) is 5.92 Å². The van der Waals surface area contributed by atoms with E-state index in [1.165, 1.54) is 6.07 Å². The molecule has 1 heterocycles. The summed E-state index contributed by atoms with van der Waals surface area (Å²) < 4.78 is 1.69. The summed E-state index contributed by atoms with van der Waals surface area (Å²) in [6, 6.07) is 3.33. The van der Waals surface area contributed by atoms with Crippen LogP contribution in [0.2, 0.25) is 0 Å². The van der Waals surface area contributed by atoms with Gasteiger partial charge in [0.2, 0.25) is 12.3 Å². The summed E-state index contributed by atoms with van der Waals surface area (Å²) in [5.41, 5.74) is 5.67. The fourth-order valence-corrected chi connectivity index (χ4v) is 3.00. The molecule has 1 atom stereocenters. The first-order valence-corrected chi connectivity index (χ1v) is 9.65. The molecule has 8 nitrogen and oxygen atoms in total. The third-order valence-corrected chi connectivity index (χ3v) is 4.67. The van der Waals surface area contributed by atoms with Crippen molar-refractivity contribution in [1.82, 2.24) is 15.1 Å². The molecule has 1 aromatic heterocycles. The highest BCUT2D eigenvalue weighted by Gasteiger charge is 2.20. The van der Waals surface area contributed by atoms with Gasteiger partial charge in [0.25, 0.3) is 5.56 Å². The van der Waals surface area contributed by atoms with E-state index in [0.29, 0.717) is 17.2 Å². The number of aromatic nitrogens is 1. The van der Waals surface area contributed by atoms with Crippen LogP contribution in [0.15, 0.2) is 23.1 Å². The molecule has 0 aliphatic heterocycles. The average Bonchev–Trinajstić information content (AvgIpc) is 2.67. The van der Waals surface area contributed by atoms with Gasteiger partial charge in [-0.25, -0.2) is 5.06 Å². The van der Waals surface area contributed by atoms with Gasteiger partial charge in [-0.15, -0.1) is 0 Å². The minimum Gasteiger partial charge on any atom is -0.312 e. The van der Waals surface area contributed by atoms with Crippen LogP contribution in [0.1, 0.15) is 65.3 Å². The Labute approximate surface area is 160 Å². The predicted molar refractivity (Wildman–Crippen MR) is 104 cm³/mol. The Bertz CT molecular complexity index is 643. The van der Waals surface area contributed by atoms with E-state index in [-0.39, 0.29) is 30.5 Å². The lowest BCUT2D eigenvalue weighted by Gasteiger charge is -2.20. The molecule has 2 amide bonds.